The number of anilines is 1. The SMILES string of the molecule is O=C(CN(Cc1cccnc1)c1ccccc1)N1CC[C@@H](O)C1. The number of aliphatic hydroxyl groups is 1. The number of hydrogen-bond donors (Lipinski definition) is 1. The fraction of sp³-hybridized carbons (Fsp3) is 0.333. The van der Waals surface area contributed by atoms with Gasteiger partial charge in [-0.05, 0) is 30.2 Å². The number of benzene rings is 1. The minimum absolute atomic E-state index is 0.0503. The van der Waals surface area contributed by atoms with Gasteiger partial charge in [0, 0.05) is 37.7 Å². The van der Waals surface area contributed by atoms with E-state index in [-0.39, 0.29) is 12.0 Å². The number of aromatic nitrogens is 1. The van der Waals surface area contributed by atoms with Gasteiger partial charge in [-0.1, -0.05) is 24.3 Å². The number of rotatable bonds is 5. The maximum absolute atomic E-state index is 12.5. The van der Waals surface area contributed by atoms with Crippen LogP contribution in [0, 0.1) is 0 Å². The zero-order valence-corrected chi connectivity index (χ0v) is 13.0. The second-order valence-corrected chi connectivity index (χ2v) is 5.84. The Morgan fingerprint density at radius 2 is 2.09 bits per heavy atom. The lowest BCUT2D eigenvalue weighted by Crippen LogP contribution is -2.39. The van der Waals surface area contributed by atoms with E-state index in [1.54, 1.807) is 11.1 Å². The van der Waals surface area contributed by atoms with Crippen LogP contribution in [0.2, 0.25) is 0 Å². The smallest absolute Gasteiger partial charge is 0.242 e. The monoisotopic (exact) mass is 311 g/mol. The van der Waals surface area contributed by atoms with E-state index < -0.39 is 0 Å². The lowest BCUT2D eigenvalue weighted by molar-refractivity contribution is -0.129. The zero-order valence-electron chi connectivity index (χ0n) is 13.0. The Labute approximate surface area is 136 Å². The molecule has 0 radical (unpaired) electrons. The molecule has 2 heterocycles. The molecule has 120 valence electrons. The van der Waals surface area contributed by atoms with Gasteiger partial charge in [-0.15, -0.1) is 0 Å². The van der Waals surface area contributed by atoms with E-state index in [2.05, 4.69) is 4.98 Å². The van der Waals surface area contributed by atoms with Crippen LogP contribution < -0.4 is 4.90 Å². The Kier molecular flexibility index (Phi) is 4.88. The molecule has 3 rings (SSSR count). The number of pyridine rings is 1. The molecule has 0 bridgehead atoms. The number of likely N-dealkylation sites (tertiary alicyclic amines) is 1. The van der Waals surface area contributed by atoms with Gasteiger partial charge in [-0.2, -0.15) is 0 Å². The first-order valence-electron chi connectivity index (χ1n) is 7.87. The molecule has 1 aliphatic rings. The van der Waals surface area contributed by atoms with Crippen LogP contribution in [0.15, 0.2) is 54.9 Å². The molecule has 5 heteroatoms. The summed E-state index contributed by atoms with van der Waals surface area (Å²) in [5.74, 6) is 0.0503. The van der Waals surface area contributed by atoms with Gasteiger partial charge in [0.2, 0.25) is 5.91 Å². The average Bonchev–Trinajstić information content (AvgIpc) is 3.03. The summed E-state index contributed by atoms with van der Waals surface area (Å²) < 4.78 is 0. The van der Waals surface area contributed by atoms with Gasteiger partial charge in [0.15, 0.2) is 0 Å². The Balaban J connectivity index is 1.74. The van der Waals surface area contributed by atoms with Crippen LogP contribution in [0.3, 0.4) is 0 Å². The minimum Gasteiger partial charge on any atom is -0.391 e. The van der Waals surface area contributed by atoms with E-state index in [0.29, 0.717) is 32.6 Å². The number of β-amino-alcohol motifs (C(OH)–C–C–N with tert-alkyl or cyclic N) is 1. The number of carbonyl (C=O) groups is 1. The predicted octanol–water partition coefficient (Wildman–Crippen LogP) is 1.68. The van der Waals surface area contributed by atoms with Crippen molar-refractivity contribution >= 4 is 11.6 Å². The molecule has 0 spiro atoms. The van der Waals surface area contributed by atoms with Gasteiger partial charge >= 0.3 is 0 Å². The topological polar surface area (TPSA) is 56.7 Å². The highest BCUT2D eigenvalue weighted by molar-refractivity contribution is 5.81. The van der Waals surface area contributed by atoms with Gasteiger partial charge in [0.05, 0.1) is 12.6 Å². The highest BCUT2D eigenvalue weighted by Gasteiger charge is 2.25. The van der Waals surface area contributed by atoms with Crippen LogP contribution in [0.5, 0.6) is 0 Å². The molecule has 23 heavy (non-hydrogen) atoms. The summed E-state index contributed by atoms with van der Waals surface area (Å²) in [4.78, 5) is 20.5. The molecule has 1 saturated heterocycles. The molecule has 2 aromatic rings. The van der Waals surface area contributed by atoms with Crippen molar-refractivity contribution in [2.45, 2.75) is 19.1 Å². The van der Waals surface area contributed by atoms with E-state index >= 15 is 0 Å². The molecule has 1 aromatic carbocycles. The first-order valence-corrected chi connectivity index (χ1v) is 7.87. The maximum atomic E-state index is 12.5. The van der Waals surface area contributed by atoms with E-state index in [4.69, 9.17) is 0 Å². The van der Waals surface area contributed by atoms with Gasteiger partial charge in [0.25, 0.3) is 0 Å². The minimum atomic E-state index is -0.387. The molecule has 1 atom stereocenters. The van der Waals surface area contributed by atoms with Crippen molar-refractivity contribution < 1.29 is 9.90 Å². The average molecular weight is 311 g/mol. The molecule has 1 N–H and O–H groups in total. The van der Waals surface area contributed by atoms with Gasteiger partial charge in [-0.3, -0.25) is 9.78 Å². The summed E-state index contributed by atoms with van der Waals surface area (Å²) in [6, 6.07) is 13.8. The Bertz CT molecular complexity index is 633. The largest absolute Gasteiger partial charge is 0.391 e. The summed E-state index contributed by atoms with van der Waals surface area (Å²) in [6.07, 6.45) is 3.84. The zero-order chi connectivity index (χ0) is 16.1. The molecule has 1 amide bonds. The number of para-hydroxylation sites is 1. The quantitative estimate of drug-likeness (QED) is 0.913. The first-order chi connectivity index (χ1) is 11.2. The van der Waals surface area contributed by atoms with Gasteiger partial charge in [-0.25, -0.2) is 0 Å². The third-order valence-electron chi connectivity index (χ3n) is 4.06. The van der Waals surface area contributed by atoms with Crippen molar-refractivity contribution in [3.05, 3.63) is 60.4 Å². The Morgan fingerprint density at radius 1 is 1.26 bits per heavy atom. The van der Waals surface area contributed by atoms with Crippen molar-refractivity contribution in [2.24, 2.45) is 0 Å². The van der Waals surface area contributed by atoms with E-state index in [9.17, 15) is 9.90 Å². The van der Waals surface area contributed by atoms with Crippen LogP contribution in [0.1, 0.15) is 12.0 Å². The number of hydrogen-bond acceptors (Lipinski definition) is 4. The molecule has 1 fully saturated rings. The number of amides is 1. The molecule has 1 aromatic heterocycles. The van der Waals surface area contributed by atoms with Crippen molar-refractivity contribution in [3.8, 4) is 0 Å². The summed E-state index contributed by atoms with van der Waals surface area (Å²) in [5, 5.41) is 9.62. The molecule has 0 aliphatic carbocycles. The number of carbonyl (C=O) groups excluding carboxylic acids is 1. The standard InChI is InChI=1S/C18H21N3O2/c22-17-8-10-20(13-17)18(23)14-21(16-6-2-1-3-7-16)12-15-5-4-9-19-11-15/h1-7,9,11,17,22H,8,10,12-14H2/t17-/m1/s1. The van der Waals surface area contributed by atoms with Gasteiger partial charge in [0.1, 0.15) is 0 Å². The molecule has 1 aliphatic heterocycles. The fourth-order valence-corrected chi connectivity index (χ4v) is 2.82. The number of aliphatic hydroxyl groups excluding tert-OH is 1. The summed E-state index contributed by atoms with van der Waals surface area (Å²) in [7, 11) is 0. The summed E-state index contributed by atoms with van der Waals surface area (Å²) in [5.41, 5.74) is 2.06. The number of nitrogens with zero attached hydrogens (tertiary/aromatic N) is 3. The normalized spacial score (nSPS) is 17.3. The third-order valence-corrected chi connectivity index (χ3v) is 4.06. The molecular weight excluding hydrogens is 290 g/mol. The summed E-state index contributed by atoms with van der Waals surface area (Å²) in [6.45, 7) is 2.00. The molecule has 0 unspecified atom stereocenters. The second kappa shape index (κ2) is 7.24. The van der Waals surface area contributed by atoms with Crippen molar-refractivity contribution in [1.82, 2.24) is 9.88 Å². The van der Waals surface area contributed by atoms with E-state index in [1.807, 2.05) is 53.6 Å². The lowest BCUT2D eigenvalue weighted by Gasteiger charge is -2.27. The molecule has 5 nitrogen and oxygen atoms in total. The third kappa shape index (κ3) is 4.07. The van der Waals surface area contributed by atoms with Crippen molar-refractivity contribution in [2.75, 3.05) is 24.5 Å². The maximum Gasteiger partial charge on any atom is 0.242 e. The van der Waals surface area contributed by atoms with Gasteiger partial charge < -0.3 is 14.9 Å². The fourth-order valence-electron chi connectivity index (χ4n) is 2.82. The highest BCUT2D eigenvalue weighted by Crippen LogP contribution is 2.18. The summed E-state index contributed by atoms with van der Waals surface area (Å²) >= 11 is 0. The lowest BCUT2D eigenvalue weighted by atomic mass is 10.2. The Morgan fingerprint density at radius 3 is 2.74 bits per heavy atom. The predicted molar refractivity (Wildman–Crippen MR) is 88.9 cm³/mol. The first kappa shape index (κ1) is 15.5. The van der Waals surface area contributed by atoms with Crippen LogP contribution in [-0.2, 0) is 11.3 Å². The van der Waals surface area contributed by atoms with E-state index in [0.717, 1.165) is 11.3 Å². The molecular formula is C18H21N3O2. The van der Waals surface area contributed by atoms with Crippen LogP contribution >= 0.6 is 0 Å². The van der Waals surface area contributed by atoms with Crippen molar-refractivity contribution in [1.29, 1.82) is 0 Å². The molecule has 0 saturated carbocycles. The van der Waals surface area contributed by atoms with Crippen LogP contribution in [0.25, 0.3) is 0 Å². The van der Waals surface area contributed by atoms with Crippen molar-refractivity contribution in [3.63, 3.8) is 0 Å². The van der Waals surface area contributed by atoms with Crippen LogP contribution in [-0.4, -0.2) is 46.6 Å². The Hall–Kier alpha value is -2.40. The van der Waals surface area contributed by atoms with Crippen LogP contribution in [0.4, 0.5) is 5.69 Å². The highest BCUT2D eigenvalue weighted by atomic mass is 16.3. The van der Waals surface area contributed by atoms with E-state index in [1.165, 1.54) is 0 Å². The second-order valence-electron chi connectivity index (χ2n) is 5.84.